The second kappa shape index (κ2) is 9.20. The third kappa shape index (κ3) is 4.11. The first-order valence-electron chi connectivity index (χ1n) is 11.3. The predicted octanol–water partition coefficient (Wildman–Crippen LogP) is 4.60. The van der Waals surface area contributed by atoms with Gasteiger partial charge in [0.2, 0.25) is 0 Å². The van der Waals surface area contributed by atoms with Gasteiger partial charge in [0.25, 0.3) is 5.56 Å². The second-order valence-electron chi connectivity index (χ2n) is 8.67. The number of hydrogen-bond acceptors (Lipinski definition) is 5. The van der Waals surface area contributed by atoms with Crippen LogP contribution in [0, 0.1) is 23.1 Å². The summed E-state index contributed by atoms with van der Waals surface area (Å²) < 4.78 is 21.1. The first kappa shape index (κ1) is 22.0. The van der Waals surface area contributed by atoms with Gasteiger partial charge in [0.05, 0.1) is 31.2 Å². The van der Waals surface area contributed by atoms with Crippen LogP contribution in [0.4, 0.5) is 4.39 Å². The number of benzene rings is 2. The van der Waals surface area contributed by atoms with Gasteiger partial charge in [-0.05, 0) is 43.0 Å². The maximum absolute atomic E-state index is 13.5. The standard InChI is InChI=1S/C26H24FN5O2/c1-16(18-7-10-20(27)11-8-18)32-25-23(22(31-32)15-34-14-17-5-3-2-4-6-17)26(33)30-24(29-25)21-12-9-19(21)13-28/h2-8,10-11,16,19,21H,9,12,14-15H2,1H3,(H,29,30,33). The van der Waals surface area contributed by atoms with E-state index in [1.54, 1.807) is 16.8 Å². The topological polar surface area (TPSA) is 96.6 Å². The lowest BCUT2D eigenvalue weighted by atomic mass is 9.74. The second-order valence-corrected chi connectivity index (χ2v) is 8.67. The molecule has 5 rings (SSSR count). The van der Waals surface area contributed by atoms with E-state index in [2.05, 4.69) is 11.1 Å². The molecule has 4 aromatic rings. The van der Waals surface area contributed by atoms with Crippen molar-refractivity contribution < 1.29 is 9.13 Å². The average molecular weight is 458 g/mol. The van der Waals surface area contributed by atoms with Crippen molar-refractivity contribution in [1.29, 1.82) is 5.26 Å². The third-order valence-electron chi connectivity index (χ3n) is 6.51. The van der Waals surface area contributed by atoms with E-state index in [4.69, 9.17) is 14.8 Å². The molecule has 3 atom stereocenters. The van der Waals surface area contributed by atoms with Crippen LogP contribution >= 0.6 is 0 Å². The Bertz CT molecular complexity index is 1410. The number of H-pyrrole nitrogens is 1. The minimum absolute atomic E-state index is 0.0932. The highest BCUT2D eigenvalue weighted by molar-refractivity contribution is 5.77. The van der Waals surface area contributed by atoms with Gasteiger partial charge in [0.15, 0.2) is 5.65 Å². The van der Waals surface area contributed by atoms with Gasteiger partial charge in [-0.25, -0.2) is 14.1 Å². The first-order valence-corrected chi connectivity index (χ1v) is 11.3. The van der Waals surface area contributed by atoms with Gasteiger partial charge in [-0.3, -0.25) is 4.79 Å². The van der Waals surface area contributed by atoms with Gasteiger partial charge >= 0.3 is 0 Å². The van der Waals surface area contributed by atoms with Crippen LogP contribution in [-0.4, -0.2) is 19.7 Å². The number of hydrogen-bond donors (Lipinski definition) is 1. The maximum atomic E-state index is 13.5. The van der Waals surface area contributed by atoms with Gasteiger partial charge < -0.3 is 9.72 Å². The van der Waals surface area contributed by atoms with Gasteiger partial charge in [0, 0.05) is 5.92 Å². The Morgan fingerprint density at radius 2 is 1.94 bits per heavy atom. The molecule has 0 aliphatic heterocycles. The minimum Gasteiger partial charge on any atom is -0.370 e. The summed E-state index contributed by atoms with van der Waals surface area (Å²) in [6, 6.07) is 18.0. The van der Waals surface area contributed by atoms with Crippen LogP contribution in [0.5, 0.6) is 0 Å². The fraction of sp³-hybridized carbons (Fsp3) is 0.308. The van der Waals surface area contributed by atoms with Crippen LogP contribution in [0.2, 0.25) is 0 Å². The molecule has 172 valence electrons. The number of rotatable bonds is 7. The molecule has 3 unspecified atom stereocenters. The number of nitrogens with one attached hydrogen (secondary N) is 1. The average Bonchev–Trinajstić information content (AvgIpc) is 3.18. The molecule has 0 spiro atoms. The normalized spacial score (nSPS) is 18.4. The van der Waals surface area contributed by atoms with E-state index in [1.807, 2.05) is 37.3 Å². The zero-order chi connectivity index (χ0) is 23.7. The number of aromatic amines is 1. The Labute approximate surface area is 195 Å². The summed E-state index contributed by atoms with van der Waals surface area (Å²) in [5.41, 5.74) is 2.50. The molecule has 8 heteroatoms. The number of aromatic nitrogens is 4. The summed E-state index contributed by atoms with van der Waals surface area (Å²) in [5, 5.41) is 14.5. The molecule has 0 saturated heterocycles. The molecule has 1 saturated carbocycles. The molecule has 0 amide bonds. The molecule has 0 radical (unpaired) electrons. The Hall–Kier alpha value is -3.83. The van der Waals surface area contributed by atoms with E-state index in [0.717, 1.165) is 24.0 Å². The van der Waals surface area contributed by atoms with Gasteiger partial charge in [0.1, 0.15) is 22.7 Å². The lowest BCUT2D eigenvalue weighted by molar-refractivity contribution is 0.105. The van der Waals surface area contributed by atoms with Crippen LogP contribution < -0.4 is 5.56 Å². The van der Waals surface area contributed by atoms with Crippen molar-refractivity contribution in [2.24, 2.45) is 5.92 Å². The summed E-state index contributed by atoms with van der Waals surface area (Å²) in [4.78, 5) is 20.8. The molecule has 0 bridgehead atoms. The van der Waals surface area contributed by atoms with E-state index in [9.17, 15) is 14.4 Å². The van der Waals surface area contributed by atoms with Gasteiger partial charge in [-0.1, -0.05) is 42.5 Å². The van der Waals surface area contributed by atoms with Crippen LogP contribution in [0.3, 0.4) is 0 Å². The van der Waals surface area contributed by atoms with Gasteiger partial charge in [-0.2, -0.15) is 10.4 Å². The number of ether oxygens (including phenoxy) is 1. The SMILES string of the molecule is CC(c1ccc(F)cc1)n1nc(COCc2ccccc2)c2c(=O)[nH]c(C3CCC3C#N)nc21. The Kier molecular flexibility index (Phi) is 5.95. The highest BCUT2D eigenvalue weighted by atomic mass is 19.1. The zero-order valence-electron chi connectivity index (χ0n) is 18.7. The van der Waals surface area contributed by atoms with E-state index in [1.165, 1.54) is 12.1 Å². The van der Waals surface area contributed by atoms with Crippen molar-refractivity contribution in [2.45, 2.75) is 44.9 Å². The molecular formula is C26H24FN5O2. The molecule has 1 aliphatic carbocycles. The lowest BCUT2D eigenvalue weighted by Crippen LogP contribution is -2.27. The summed E-state index contributed by atoms with van der Waals surface area (Å²) in [6.07, 6.45) is 1.61. The first-order chi connectivity index (χ1) is 16.5. The quantitative estimate of drug-likeness (QED) is 0.437. The van der Waals surface area contributed by atoms with Crippen LogP contribution in [-0.2, 0) is 18.0 Å². The summed E-state index contributed by atoms with van der Waals surface area (Å²) >= 11 is 0. The van der Waals surface area contributed by atoms with Crippen LogP contribution in [0.15, 0.2) is 59.4 Å². The largest absolute Gasteiger partial charge is 0.370 e. The van der Waals surface area contributed by atoms with Crippen molar-refractivity contribution in [2.75, 3.05) is 0 Å². The highest BCUT2D eigenvalue weighted by Gasteiger charge is 2.35. The molecule has 2 aromatic carbocycles. The molecule has 1 fully saturated rings. The summed E-state index contributed by atoms with van der Waals surface area (Å²) in [5.74, 6) is -0.0512. The fourth-order valence-electron chi connectivity index (χ4n) is 4.38. The Balaban J connectivity index is 1.54. The van der Waals surface area contributed by atoms with E-state index < -0.39 is 0 Å². The minimum atomic E-state index is -0.319. The molecular weight excluding hydrogens is 433 g/mol. The summed E-state index contributed by atoms with van der Waals surface area (Å²) in [6.45, 7) is 2.46. The third-order valence-corrected chi connectivity index (χ3v) is 6.51. The van der Waals surface area contributed by atoms with E-state index in [-0.39, 0.29) is 35.9 Å². The molecule has 7 nitrogen and oxygen atoms in total. The van der Waals surface area contributed by atoms with Crippen LogP contribution in [0.1, 0.15) is 54.4 Å². The van der Waals surface area contributed by atoms with E-state index in [0.29, 0.717) is 29.2 Å². The smallest absolute Gasteiger partial charge is 0.262 e. The maximum Gasteiger partial charge on any atom is 0.262 e. The number of nitriles is 1. The molecule has 1 N–H and O–H groups in total. The van der Waals surface area contributed by atoms with Crippen molar-refractivity contribution in [3.8, 4) is 6.07 Å². The molecule has 2 heterocycles. The van der Waals surface area contributed by atoms with Crippen LogP contribution in [0.25, 0.3) is 11.0 Å². The number of fused-ring (bicyclic) bond motifs is 1. The van der Waals surface area contributed by atoms with Crippen molar-refractivity contribution in [1.82, 2.24) is 19.7 Å². The lowest BCUT2D eigenvalue weighted by Gasteiger charge is -2.30. The predicted molar refractivity (Wildman–Crippen MR) is 124 cm³/mol. The molecule has 34 heavy (non-hydrogen) atoms. The molecule has 2 aromatic heterocycles. The van der Waals surface area contributed by atoms with E-state index >= 15 is 0 Å². The number of nitrogens with zero attached hydrogens (tertiary/aromatic N) is 4. The highest BCUT2D eigenvalue weighted by Crippen LogP contribution is 2.40. The monoisotopic (exact) mass is 457 g/mol. The number of halogens is 1. The fourth-order valence-corrected chi connectivity index (χ4v) is 4.38. The Morgan fingerprint density at radius 3 is 2.62 bits per heavy atom. The van der Waals surface area contributed by atoms with Crippen molar-refractivity contribution in [3.63, 3.8) is 0 Å². The van der Waals surface area contributed by atoms with Crippen molar-refractivity contribution in [3.05, 3.63) is 93.4 Å². The Morgan fingerprint density at radius 1 is 1.18 bits per heavy atom. The molecule has 1 aliphatic rings. The summed E-state index contributed by atoms with van der Waals surface area (Å²) in [7, 11) is 0. The zero-order valence-corrected chi connectivity index (χ0v) is 18.7. The van der Waals surface area contributed by atoms with Crippen molar-refractivity contribution >= 4 is 11.0 Å². The van der Waals surface area contributed by atoms with Gasteiger partial charge in [-0.15, -0.1) is 0 Å².